The Kier molecular flexibility index (Phi) is 14.0. The Morgan fingerprint density at radius 3 is 1.88 bits per heavy atom. The lowest BCUT2D eigenvalue weighted by atomic mass is 10.1. The first kappa shape index (κ1) is 28.6. The molecule has 2 aromatic rings. The minimum atomic E-state index is 0. The molecule has 0 unspecified atom stereocenters. The summed E-state index contributed by atoms with van der Waals surface area (Å²) in [6.07, 6.45) is 0. The van der Waals surface area contributed by atoms with Crippen molar-refractivity contribution in [1.82, 2.24) is 20.9 Å². The molecule has 2 aliphatic heterocycles. The number of rotatable bonds is 2. The van der Waals surface area contributed by atoms with E-state index in [1.54, 1.807) is 0 Å². The molecule has 5 N–H and O–H groups in total. The Bertz CT molecular complexity index is 799. The molecule has 0 amide bonds. The van der Waals surface area contributed by atoms with Gasteiger partial charge in [-0.05, 0) is 26.0 Å². The van der Waals surface area contributed by atoms with E-state index in [0.717, 1.165) is 50.4 Å². The number of nitrogens with zero attached hydrogens (tertiary/aromatic N) is 1. The van der Waals surface area contributed by atoms with Crippen molar-refractivity contribution in [2.75, 3.05) is 46.4 Å². The average Bonchev–Trinajstić information content (AvgIpc) is 2.85. The summed E-state index contributed by atoms with van der Waals surface area (Å²) < 4.78 is 4.72. The highest BCUT2D eigenvalue weighted by Gasteiger charge is 2.18. The van der Waals surface area contributed by atoms with Gasteiger partial charge in [-0.2, -0.15) is 0 Å². The summed E-state index contributed by atoms with van der Waals surface area (Å²) in [4.78, 5) is 2.14. The molecule has 7 nitrogen and oxygen atoms in total. The van der Waals surface area contributed by atoms with Crippen LogP contribution in [0, 0.1) is 10.8 Å². The Hall–Kier alpha value is -2.45. The molecule has 2 heterocycles. The number of ether oxygens (including phenoxy) is 1. The summed E-state index contributed by atoms with van der Waals surface area (Å²) in [6, 6.07) is 20.4. The highest BCUT2D eigenvalue weighted by atomic mass is 35.5. The molecule has 0 aliphatic carbocycles. The van der Waals surface area contributed by atoms with Gasteiger partial charge in [0.1, 0.15) is 5.84 Å². The second-order valence-corrected chi connectivity index (χ2v) is 7.97. The van der Waals surface area contributed by atoms with Crippen LogP contribution in [-0.4, -0.2) is 75.1 Å². The van der Waals surface area contributed by atoms with Gasteiger partial charge >= 0.3 is 0 Å². The summed E-state index contributed by atoms with van der Waals surface area (Å²) in [5.41, 5.74) is 1.82. The summed E-state index contributed by atoms with van der Waals surface area (Å²) in [5.74, 6) is 0.851. The first-order valence-corrected chi connectivity index (χ1v) is 11.3. The Morgan fingerprint density at radius 1 is 0.848 bits per heavy atom. The molecule has 2 aliphatic rings. The third-order valence-corrected chi connectivity index (χ3v) is 5.22. The Labute approximate surface area is 204 Å². The first-order valence-electron chi connectivity index (χ1n) is 11.3. The summed E-state index contributed by atoms with van der Waals surface area (Å²) >= 11 is 0. The van der Waals surface area contributed by atoms with Gasteiger partial charge in [0.2, 0.25) is 5.90 Å². The maximum Gasteiger partial charge on any atom is 0.212 e. The predicted octanol–water partition coefficient (Wildman–Crippen LogP) is 2.95. The van der Waals surface area contributed by atoms with Crippen LogP contribution in [0.3, 0.4) is 0 Å². The fraction of sp³-hybridized carbons (Fsp3) is 0.440. The number of hydrogen-bond donors (Lipinski definition) is 5. The van der Waals surface area contributed by atoms with Gasteiger partial charge in [-0.3, -0.25) is 10.8 Å². The maximum absolute atomic E-state index is 8.11. The van der Waals surface area contributed by atoms with E-state index in [-0.39, 0.29) is 18.3 Å². The SMILES string of the molecule is COC(=N)c1ccccc1.C[C@@H]1CN(C(=N)c2ccccc2)CCN1.C[C@@H]1CNCCN1.Cl. The molecule has 2 aromatic carbocycles. The molecule has 33 heavy (non-hydrogen) atoms. The monoisotopic (exact) mass is 474 g/mol. The van der Waals surface area contributed by atoms with Crippen molar-refractivity contribution in [2.24, 2.45) is 0 Å². The van der Waals surface area contributed by atoms with Gasteiger partial charge in [0, 0.05) is 62.5 Å². The minimum absolute atomic E-state index is 0. The van der Waals surface area contributed by atoms with Crippen LogP contribution in [0.25, 0.3) is 0 Å². The van der Waals surface area contributed by atoms with Crippen LogP contribution >= 0.6 is 12.4 Å². The largest absolute Gasteiger partial charge is 0.481 e. The van der Waals surface area contributed by atoms with Crippen LogP contribution in [-0.2, 0) is 4.74 Å². The molecule has 0 aromatic heterocycles. The highest BCUT2D eigenvalue weighted by Crippen LogP contribution is 2.07. The predicted molar refractivity (Wildman–Crippen MR) is 140 cm³/mol. The van der Waals surface area contributed by atoms with E-state index in [0.29, 0.717) is 17.9 Å². The zero-order valence-electron chi connectivity index (χ0n) is 19.9. The second-order valence-electron chi connectivity index (χ2n) is 7.97. The van der Waals surface area contributed by atoms with Crippen LogP contribution in [0.5, 0.6) is 0 Å². The quantitative estimate of drug-likeness (QED) is 0.340. The van der Waals surface area contributed by atoms with Crippen molar-refractivity contribution in [1.29, 1.82) is 10.8 Å². The van der Waals surface area contributed by atoms with Crippen molar-refractivity contribution in [2.45, 2.75) is 25.9 Å². The Morgan fingerprint density at radius 2 is 1.42 bits per heavy atom. The zero-order chi connectivity index (χ0) is 23.2. The van der Waals surface area contributed by atoms with E-state index in [2.05, 4.69) is 34.7 Å². The normalized spacial score (nSPS) is 19.4. The maximum atomic E-state index is 8.11. The topological polar surface area (TPSA) is 96.3 Å². The minimum Gasteiger partial charge on any atom is -0.481 e. The molecule has 4 rings (SSSR count). The molecule has 0 spiro atoms. The number of benzene rings is 2. The van der Waals surface area contributed by atoms with E-state index in [1.807, 2.05) is 60.7 Å². The number of methoxy groups -OCH3 is 1. The average molecular weight is 475 g/mol. The van der Waals surface area contributed by atoms with Gasteiger partial charge < -0.3 is 25.6 Å². The Balaban J connectivity index is 0.000000263. The molecule has 2 fully saturated rings. The molecule has 0 bridgehead atoms. The van der Waals surface area contributed by atoms with Crippen LogP contribution in [0.15, 0.2) is 60.7 Å². The van der Waals surface area contributed by atoms with Gasteiger partial charge in [-0.1, -0.05) is 48.5 Å². The molecule has 0 saturated carbocycles. The smallest absolute Gasteiger partial charge is 0.212 e. The van der Waals surface area contributed by atoms with E-state index in [1.165, 1.54) is 7.11 Å². The van der Waals surface area contributed by atoms with Gasteiger partial charge in [0.25, 0.3) is 0 Å². The highest BCUT2D eigenvalue weighted by molar-refractivity contribution is 5.96. The van der Waals surface area contributed by atoms with Crippen LogP contribution in [0.1, 0.15) is 25.0 Å². The number of nitrogens with one attached hydrogen (secondary N) is 5. The van der Waals surface area contributed by atoms with E-state index < -0.39 is 0 Å². The summed E-state index contributed by atoms with van der Waals surface area (Å²) in [6.45, 7) is 10.5. The third-order valence-electron chi connectivity index (χ3n) is 5.22. The third kappa shape index (κ3) is 10.8. The first-order chi connectivity index (χ1) is 15.5. The van der Waals surface area contributed by atoms with Crippen LogP contribution < -0.4 is 16.0 Å². The van der Waals surface area contributed by atoms with Crippen molar-refractivity contribution in [3.8, 4) is 0 Å². The van der Waals surface area contributed by atoms with Gasteiger partial charge in [0.05, 0.1) is 7.11 Å². The van der Waals surface area contributed by atoms with Gasteiger partial charge in [-0.15, -0.1) is 12.4 Å². The van der Waals surface area contributed by atoms with E-state index in [9.17, 15) is 0 Å². The van der Waals surface area contributed by atoms with Crippen molar-refractivity contribution < 1.29 is 4.74 Å². The lowest BCUT2D eigenvalue weighted by Crippen LogP contribution is -2.51. The lowest BCUT2D eigenvalue weighted by Gasteiger charge is -2.33. The molecule has 2 saturated heterocycles. The zero-order valence-corrected chi connectivity index (χ0v) is 20.8. The number of amidine groups is 1. The van der Waals surface area contributed by atoms with Gasteiger partial charge in [0.15, 0.2) is 0 Å². The number of hydrogen-bond acceptors (Lipinski definition) is 6. The molecule has 0 radical (unpaired) electrons. The van der Waals surface area contributed by atoms with E-state index >= 15 is 0 Å². The van der Waals surface area contributed by atoms with Crippen LogP contribution in [0.2, 0.25) is 0 Å². The molecular weight excluding hydrogens is 436 g/mol. The molecule has 182 valence electrons. The molecule has 2 atom stereocenters. The van der Waals surface area contributed by atoms with Gasteiger partial charge in [-0.25, -0.2) is 0 Å². The summed E-state index contributed by atoms with van der Waals surface area (Å²) in [5, 5.41) is 25.3. The number of halogens is 1. The second kappa shape index (κ2) is 16.2. The standard InChI is InChI=1S/C12H17N3.C8H9NO.C5H12N2.ClH/c1-10-9-15(8-7-14-10)12(13)11-5-3-2-4-6-11;1-10-8(9)7-5-3-2-4-6-7;1-5-4-6-2-3-7-5;/h2-6,10,13-14H,7-9H2,1H3;2-6,9H,1H3;5-7H,2-4H2,1H3;1H/t10-;;5-;/m1.1./s1. The lowest BCUT2D eigenvalue weighted by molar-refractivity contribution is 0.303. The van der Waals surface area contributed by atoms with Crippen molar-refractivity contribution in [3.05, 3.63) is 71.8 Å². The fourth-order valence-electron chi connectivity index (χ4n) is 3.42. The van der Waals surface area contributed by atoms with E-state index in [4.69, 9.17) is 15.6 Å². The van der Waals surface area contributed by atoms with Crippen molar-refractivity contribution >= 4 is 24.1 Å². The molecule has 8 heteroatoms. The summed E-state index contributed by atoms with van der Waals surface area (Å²) in [7, 11) is 1.50. The fourth-order valence-corrected chi connectivity index (χ4v) is 3.42. The number of piperazine rings is 2. The van der Waals surface area contributed by atoms with Crippen molar-refractivity contribution in [3.63, 3.8) is 0 Å². The van der Waals surface area contributed by atoms with Crippen LogP contribution in [0.4, 0.5) is 0 Å². The molecular formula is C25H39ClN6O.